The Balaban J connectivity index is 3.13. The lowest BCUT2D eigenvalue weighted by Crippen LogP contribution is -2.36. The maximum absolute atomic E-state index is 10.7. The molecule has 0 aliphatic carbocycles. The third-order valence-electron chi connectivity index (χ3n) is 3.03. The van der Waals surface area contributed by atoms with Crippen molar-refractivity contribution in [3.8, 4) is 0 Å². The molecule has 19 heavy (non-hydrogen) atoms. The summed E-state index contributed by atoms with van der Waals surface area (Å²) >= 11 is 0. The van der Waals surface area contributed by atoms with Crippen molar-refractivity contribution in [3.05, 3.63) is 33.9 Å². The zero-order chi connectivity index (χ0) is 14.4. The molecule has 1 atom stereocenters. The Kier molecular flexibility index (Phi) is 5.72. The van der Waals surface area contributed by atoms with Gasteiger partial charge in [0, 0.05) is 43.1 Å². The summed E-state index contributed by atoms with van der Waals surface area (Å²) in [6.45, 7) is 5.06. The van der Waals surface area contributed by atoms with E-state index in [2.05, 4.69) is 4.90 Å². The van der Waals surface area contributed by atoms with Gasteiger partial charge in [-0.1, -0.05) is 0 Å². The SMILES string of the molecule is CCN(c1ccc([N+](=O)[O-])cc1CO)C(C)COC. The number of nitro benzene ring substituents is 1. The second kappa shape index (κ2) is 7.06. The summed E-state index contributed by atoms with van der Waals surface area (Å²) in [7, 11) is 1.63. The summed E-state index contributed by atoms with van der Waals surface area (Å²) < 4.78 is 5.13. The van der Waals surface area contributed by atoms with Gasteiger partial charge in [-0.05, 0) is 19.9 Å². The summed E-state index contributed by atoms with van der Waals surface area (Å²) in [6.07, 6.45) is 0. The van der Waals surface area contributed by atoms with Crippen LogP contribution in [0.5, 0.6) is 0 Å². The number of nitro groups is 1. The Labute approximate surface area is 112 Å². The van der Waals surface area contributed by atoms with Gasteiger partial charge in [0.05, 0.1) is 18.1 Å². The predicted octanol–water partition coefficient (Wildman–Crippen LogP) is 1.95. The number of hydrogen-bond acceptors (Lipinski definition) is 5. The zero-order valence-electron chi connectivity index (χ0n) is 11.5. The van der Waals surface area contributed by atoms with Gasteiger partial charge in [-0.25, -0.2) is 0 Å². The lowest BCUT2D eigenvalue weighted by Gasteiger charge is -2.31. The van der Waals surface area contributed by atoms with E-state index in [0.717, 1.165) is 12.2 Å². The number of aliphatic hydroxyl groups excluding tert-OH is 1. The molecule has 1 aromatic rings. The first kappa shape index (κ1) is 15.4. The molecule has 1 N–H and O–H groups in total. The topological polar surface area (TPSA) is 75.8 Å². The molecule has 0 aliphatic heterocycles. The van der Waals surface area contributed by atoms with E-state index in [4.69, 9.17) is 4.74 Å². The van der Waals surface area contributed by atoms with Crippen LogP contribution in [0, 0.1) is 10.1 Å². The monoisotopic (exact) mass is 268 g/mol. The first-order valence-corrected chi connectivity index (χ1v) is 6.18. The lowest BCUT2D eigenvalue weighted by molar-refractivity contribution is -0.384. The molecule has 0 radical (unpaired) electrons. The maximum Gasteiger partial charge on any atom is 0.269 e. The molecule has 1 rings (SSSR count). The van der Waals surface area contributed by atoms with Crippen LogP contribution in [0.15, 0.2) is 18.2 Å². The average molecular weight is 268 g/mol. The summed E-state index contributed by atoms with van der Waals surface area (Å²) in [6, 6.07) is 4.68. The number of methoxy groups -OCH3 is 1. The van der Waals surface area contributed by atoms with Crippen LogP contribution in [0.4, 0.5) is 11.4 Å². The molecular formula is C13H20N2O4. The van der Waals surface area contributed by atoms with Gasteiger partial charge >= 0.3 is 0 Å². The maximum atomic E-state index is 10.7. The van der Waals surface area contributed by atoms with E-state index in [1.54, 1.807) is 13.2 Å². The van der Waals surface area contributed by atoms with Gasteiger partial charge in [0.1, 0.15) is 0 Å². The molecule has 1 aromatic carbocycles. The van der Waals surface area contributed by atoms with E-state index in [0.29, 0.717) is 12.2 Å². The summed E-state index contributed by atoms with van der Waals surface area (Å²) in [5.74, 6) is 0. The van der Waals surface area contributed by atoms with Crippen molar-refractivity contribution in [1.29, 1.82) is 0 Å². The minimum Gasteiger partial charge on any atom is -0.392 e. The van der Waals surface area contributed by atoms with Crippen molar-refractivity contribution in [2.45, 2.75) is 26.5 Å². The highest BCUT2D eigenvalue weighted by molar-refractivity contribution is 5.58. The van der Waals surface area contributed by atoms with Crippen LogP contribution < -0.4 is 4.90 Å². The number of likely N-dealkylation sites (N-methyl/N-ethyl adjacent to an activating group) is 1. The van der Waals surface area contributed by atoms with Gasteiger partial charge in [-0.15, -0.1) is 0 Å². The summed E-state index contributed by atoms with van der Waals surface area (Å²) in [5, 5.41) is 20.1. The highest BCUT2D eigenvalue weighted by Crippen LogP contribution is 2.27. The Morgan fingerprint density at radius 1 is 1.53 bits per heavy atom. The molecule has 0 aliphatic rings. The van der Waals surface area contributed by atoms with Crippen molar-refractivity contribution in [3.63, 3.8) is 0 Å². The van der Waals surface area contributed by atoms with Gasteiger partial charge < -0.3 is 14.7 Å². The number of aliphatic hydroxyl groups is 1. The van der Waals surface area contributed by atoms with Crippen LogP contribution in [-0.4, -0.2) is 36.3 Å². The van der Waals surface area contributed by atoms with Crippen molar-refractivity contribution in [2.24, 2.45) is 0 Å². The van der Waals surface area contributed by atoms with Crippen LogP contribution in [0.25, 0.3) is 0 Å². The zero-order valence-corrected chi connectivity index (χ0v) is 11.5. The number of non-ortho nitro benzene ring substituents is 1. The molecule has 0 spiro atoms. The molecule has 0 saturated heterocycles. The lowest BCUT2D eigenvalue weighted by atomic mass is 10.1. The predicted molar refractivity (Wildman–Crippen MR) is 73.4 cm³/mol. The fraction of sp³-hybridized carbons (Fsp3) is 0.538. The van der Waals surface area contributed by atoms with Gasteiger partial charge in [0.15, 0.2) is 0 Å². The molecule has 6 heteroatoms. The van der Waals surface area contributed by atoms with E-state index in [-0.39, 0.29) is 18.3 Å². The first-order valence-electron chi connectivity index (χ1n) is 6.18. The molecule has 6 nitrogen and oxygen atoms in total. The second-order valence-electron chi connectivity index (χ2n) is 4.32. The fourth-order valence-electron chi connectivity index (χ4n) is 2.14. The van der Waals surface area contributed by atoms with Crippen LogP contribution in [0.3, 0.4) is 0 Å². The van der Waals surface area contributed by atoms with Gasteiger partial charge in [0.2, 0.25) is 0 Å². The van der Waals surface area contributed by atoms with E-state index >= 15 is 0 Å². The third-order valence-corrected chi connectivity index (χ3v) is 3.03. The Morgan fingerprint density at radius 2 is 2.21 bits per heavy atom. The van der Waals surface area contributed by atoms with Crippen molar-refractivity contribution >= 4 is 11.4 Å². The largest absolute Gasteiger partial charge is 0.392 e. The van der Waals surface area contributed by atoms with Gasteiger partial charge in [-0.2, -0.15) is 0 Å². The number of anilines is 1. The van der Waals surface area contributed by atoms with Crippen LogP contribution in [-0.2, 0) is 11.3 Å². The van der Waals surface area contributed by atoms with Gasteiger partial charge in [0.25, 0.3) is 5.69 Å². The van der Waals surface area contributed by atoms with E-state index in [9.17, 15) is 15.2 Å². The van der Waals surface area contributed by atoms with E-state index in [1.807, 2.05) is 13.8 Å². The van der Waals surface area contributed by atoms with Crippen molar-refractivity contribution < 1.29 is 14.8 Å². The highest BCUT2D eigenvalue weighted by Gasteiger charge is 2.18. The quantitative estimate of drug-likeness (QED) is 0.604. The minimum absolute atomic E-state index is 0.0109. The second-order valence-corrected chi connectivity index (χ2v) is 4.32. The van der Waals surface area contributed by atoms with Crippen molar-refractivity contribution in [1.82, 2.24) is 0 Å². The van der Waals surface area contributed by atoms with E-state index in [1.165, 1.54) is 12.1 Å². The average Bonchev–Trinajstić information content (AvgIpc) is 2.40. The molecule has 106 valence electrons. The smallest absolute Gasteiger partial charge is 0.269 e. The molecule has 1 unspecified atom stereocenters. The Bertz CT molecular complexity index is 437. The normalized spacial score (nSPS) is 12.2. The number of benzene rings is 1. The summed E-state index contributed by atoms with van der Waals surface area (Å²) in [4.78, 5) is 12.3. The third kappa shape index (κ3) is 3.65. The first-order chi connectivity index (χ1) is 9.04. The number of ether oxygens (including phenoxy) is 1. The number of nitrogens with zero attached hydrogens (tertiary/aromatic N) is 2. The molecule has 0 bridgehead atoms. The number of rotatable bonds is 7. The molecule has 0 fully saturated rings. The highest BCUT2D eigenvalue weighted by atomic mass is 16.6. The van der Waals surface area contributed by atoms with Crippen LogP contribution >= 0.6 is 0 Å². The fourth-order valence-corrected chi connectivity index (χ4v) is 2.14. The standard InChI is InChI=1S/C13H20N2O4/c1-4-14(10(2)9-19-3)13-6-5-12(15(17)18)7-11(13)8-16/h5-7,10,16H,4,8-9H2,1-3H3. The van der Waals surface area contributed by atoms with Crippen LogP contribution in [0.2, 0.25) is 0 Å². The molecular weight excluding hydrogens is 248 g/mol. The van der Waals surface area contributed by atoms with E-state index < -0.39 is 4.92 Å². The summed E-state index contributed by atoms with van der Waals surface area (Å²) in [5.41, 5.74) is 1.35. The van der Waals surface area contributed by atoms with Crippen LogP contribution in [0.1, 0.15) is 19.4 Å². The minimum atomic E-state index is -0.461. The number of hydrogen-bond donors (Lipinski definition) is 1. The van der Waals surface area contributed by atoms with Gasteiger partial charge in [-0.3, -0.25) is 10.1 Å². The molecule has 0 amide bonds. The Morgan fingerprint density at radius 3 is 2.68 bits per heavy atom. The molecule has 0 heterocycles. The molecule has 0 aromatic heterocycles. The molecule has 0 saturated carbocycles. The van der Waals surface area contributed by atoms with Crippen molar-refractivity contribution in [2.75, 3.05) is 25.2 Å². The Hall–Kier alpha value is -1.66.